The third-order valence-corrected chi connectivity index (χ3v) is 2.63. The summed E-state index contributed by atoms with van der Waals surface area (Å²) in [7, 11) is 1.86. The molecule has 1 aliphatic heterocycles. The Morgan fingerprint density at radius 2 is 2.00 bits per heavy atom. The van der Waals surface area contributed by atoms with E-state index in [4.69, 9.17) is 15.2 Å². The Morgan fingerprint density at radius 3 is 2.47 bits per heavy atom. The predicted molar refractivity (Wildman–Crippen MR) is 55.1 cm³/mol. The Kier molecular flexibility index (Phi) is 2.33. The van der Waals surface area contributed by atoms with E-state index in [0.717, 1.165) is 5.56 Å². The molecule has 0 unspecified atom stereocenters. The van der Waals surface area contributed by atoms with Gasteiger partial charge in [-0.3, -0.25) is 4.68 Å². The van der Waals surface area contributed by atoms with Crippen molar-refractivity contribution in [3.8, 4) is 0 Å². The smallest absolute Gasteiger partial charge is 0.162 e. The third-order valence-electron chi connectivity index (χ3n) is 2.63. The van der Waals surface area contributed by atoms with Gasteiger partial charge in [0.15, 0.2) is 5.79 Å². The SMILES string of the molecule is Cn1cc(C2(N)COC(C)(C)OC2)cn1. The fourth-order valence-corrected chi connectivity index (χ4v) is 1.53. The summed E-state index contributed by atoms with van der Waals surface area (Å²) in [5.74, 6) is -0.537. The monoisotopic (exact) mass is 211 g/mol. The van der Waals surface area contributed by atoms with Crippen LogP contribution in [-0.4, -0.2) is 28.8 Å². The molecule has 2 rings (SSSR count). The van der Waals surface area contributed by atoms with Gasteiger partial charge in [-0.1, -0.05) is 0 Å². The third kappa shape index (κ3) is 2.04. The number of nitrogens with two attached hydrogens (primary N) is 1. The zero-order chi connectivity index (χ0) is 11.1. The highest BCUT2D eigenvalue weighted by Crippen LogP contribution is 2.28. The summed E-state index contributed by atoms with van der Waals surface area (Å²) >= 11 is 0. The molecule has 5 nitrogen and oxygen atoms in total. The fraction of sp³-hybridized carbons (Fsp3) is 0.700. The van der Waals surface area contributed by atoms with E-state index in [9.17, 15) is 0 Å². The second-order valence-electron chi connectivity index (χ2n) is 4.54. The van der Waals surface area contributed by atoms with E-state index >= 15 is 0 Å². The summed E-state index contributed by atoms with van der Waals surface area (Å²) in [6, 6.07) is 0. The van der Waals surface area contributed by atoms with Crippen molar-refractivity contribution in [3.05, 3.63) is 18.0 Å². The lowest BCUT2D eigenvalue weighted by Gasteiger charge is -2.40. The topological polar surface area (TPSA) is 62.3 Å². The second kappa shape index (κ2) is 3.30. The maximum Gasteiger partial charge on any atom is 0.162 e. The highest BCUT2D eigenvalue weighted by molar-refractivity contribution is 5.18. The van der Waals surface area contributed by atoms with Gasteiger partial charge in [0.25, 0.3) is 0 Å². The maximum absolute atomic E-state index is 6.21. The maximum atomic E-state index is 6.21. The van der Waals surface area contributed by atoms with Gasteiger partial charge < -0.3 is 15.2 Å². The van der Waals surface area contributed by atoms with Gasteiger partial charge in [0, 0.05) is 18.8 Å². The van der Waals surface area contributed by atoms with Gasteiger partial charge >= 0.3 is 0 Å². The summed E-state index contributed by atoms with van der Waals surface area (Å²) in [5, 5.41) is 4.10. The largest absolute Gasteiger partial charge is 0.348 e. The van der Waals surface area contributed by atoms with Crippen LogP contribution < -0.4 is 5.73 Å². The molecule has 15 heavy (non-hydrogen) atoms. The van der Waals surface area contributed by atoms with E-state index in [-0.39, 0.29) is 0 Å². The van der Waals surface area contributed by atoms with Crippen LogP contribution >= 0.6 is 0 Å². The van der Waals surface area contributed by atoms with Gasteiger partial charge in [0.2, 0.25) is 0 Å². The van der Waals surface area contributed by atoms with Crippen LogP contribution in [0.5, 0.6) is 0 Å². The van der Waals surface area contributed by atoms with Crippen molar-refractivity contribution >= 4 is 0 Å². The van der Waals surface area contributed by atoms with Crippen molar-refractivity contribution in [1.29, 1.82) is 0 Å². The summed E-state index contributed by atoms with van der Waals surface area (Å²) in [5.41, 5.74) is 6.58. The molecule has 0 saturated carbocycles. The number of nitrogens with zero attached hydrogens (tertiary/aromatic N) is 2. The van der Waals surface area contributed by atoms with Gasteiger partial charge in [-0.15, -0.1) is 0 Å². The molecule has 5 heteroatoms. The van der Waals surface area contributed by atoms with Crippen molar-refractivity contribution in [3.63, 3.8) is 0 Å². The van der Waals surface area contributed by atoms with Crippen LogP contribution in [0.2, 0.25) is 0 Å². The summed E-state index contributed by atoms with van der Waals surface area (Å²) in [6.45, 7) is 4.67. The van der Waals surface area contributed by atoms with Crippen LogP contribution in [0.15, 0.2) is 12.4 Å². The average Bonchev–Trinajstić information content (AvgIpc) is 2.59. The van der Waals surface area contributed by atoms with Crippen molar-refractivity contribution in [1.82, 2.24) is 9.78 Å². The molecular formula is C10H17N3O2. The van der Waals surface area contributed by atoms with Gasteiger partial charge in [-0.25, -0.2) is 0 Å². The highest BCUT2D eigenvalue weighted by Gasteiger charge is 2.39. The molecule has 1 saturated heterocycles. The first-order chi connectivity index (χ1) is 6.91. The normalized spacial score (nSPS) is 24.0. The van der Waals surface area contributed by atoms with Gasteiger partial charge in [0.1, 0.15) is 0 Å². The Labute approximate surface area is 89.2 Å². The van der Waals surface area contributed by atoms with Gasteiger partial charge in [-0.2, -0.15) is 5.10 Å². The molecule has 0 aromatic carbocycles. The van der Waals surface area contributed by atoms with E-state index in [1.54, 1.807) is 10.9 Å². The minimum absolute atomic E-state index is 0.450. The van der Waals surface area contributed by atoms with Crippen LogP contribution in [-0.2, 0) is 22.1 Å². The summed E-state index contributed by atoms with van der Waals surface area (Å²) in [4.78, 5) is 0. The number of hydrogen-bond donors (Lipinski definition) is 1. The van der Waals surface area contributed by atoms with E-state index in [0.29, 0.717) is 13.2 Å². The summed E-state index contributed by atoms with van der Waals surface area (Å²) < 4.78 is 12.8. The highest BCUT2D eigenvalue weighted by atomic mass is 16.7. The van der Waals surface area contributed by atoms with Crippen molar-refractivity contribution in [2.45, 2.75) is 25.2 Å². The Hall–Kier alpha value is -0.910. The lowest BCUT2D eigenvalue weighted by molar-refractivity contribution is -0.268. The molecule has 0 spiro atoms. The number of aromatic nitrogens is 2. The van der Waals surface area contributed by atoms with Crippen LogP contribution in [0, 0.1) is 0 Å². The minimum atomic E-state index is -0.580. The molecule has 84 valence electrons. The molecule has 1 aromatic rings. The Balaban J connectivity index is 2.16. The molecule has 1 aliphatic rings. The molecule has 0 radical (unpaired) electrons. The minimum Gasteiger partial charge on any atom is -0.348 e. The predicted octanol–water partition coefficient (Wildman–Crippen LogP) is 0.357. The van der Waals surface area contributed by atoms with Crippen LogP contribution in [0.25, 0.3) is 0 Å². The van der Waals surface area contributed by atoms with E-state index in [2.05, 4.69) is 5.10 Å². The fourth-order valence-electron chi connectivity index (χ4n) is 1.53. The first-order valence-electron chi connectivity index (χ1n) is 4.97. The van der Waals surface area contributed by atoms with Gasteiger partial charge in [-0.05, 0) is 13.8 Å². The van der Waals surface area contributed by atoms with Crippen LogP contribution in [0.4, 0.5) is 0 Å². The summed E-state index contributed by atoms with van der Waals surface area (Å²) in [6.07, 6.45) is 3.65. The molecule has 0 atom stereocenters. The zero-order valence-electron chi connectivity index (χ0n) is 9.36. The Morgan fingerprint density at radius 1 is 1.40 bits per heavy atom. The lowest BCUT2D eigenvalue weighted by atomic mass is 9.95. The molecule has 2 N–H and O–H groups in total. The number of aryl methyl sites for hydroxylation is 1. The van der Waals surface area contributed by atoms with Crippen molar-refractivity contribution in [2.24, 2.45) is 12.8 Å². The second-order valence-corrected chi connectivity index (χ2v) is 4.54. The lowest BCUT2D eigenvalue weighted by Crippen LogP contribution is -2.54. The molecule has 0 bridgehead atoms. The molecule has 2 heterocycles. The first kappa shape index (κ1) is 10.6. The number of hydrogen-bond acceptors (Lipinski definition) is 4. The number of ether oxygens (including phenoxy) is 2. The first-order valence-corrected chi connectivity index (χ1v) is 4.97. The zero-order valence-corrected chi connectivity index (χ0v) is 9.36. The standard InChI is InChI=1S/C10H17N3O2/c1-9(2)14-6-10(11,7-15-9)8-4-12-13(3)5-8/h4-5H,6-7,11H2,1-3H3. The van der Waals surface area contributed by atoms with Gasteiger partial charge in [0.05, 0.1) is 24.9 Å². The van der Waals surface area contributed by atoms with E-state index in [1.165, 1.54) is 0 Å². The molecule has 1 aromatic heterocycles. The molecule has 0 aliphatic carbocycles. The van der Waals surface area contributed by atoms with Crippen LogP contribution in [0.1, 0.15) is 19.4 Å². The van der Waals surface area contributed by atoms with Crippen molar-refractivity contribution in [2.75, 3.05) is 13.2 Å². The van der Waals surface area contributed by atoms with Crippen molar-refractivity contribution < 1.29 is 9.47 Å². The molecular weight excluding hydrogens is 194 g/mol. The molecule has 1 fully saturated rings. The molecule has 0 amide bonds. The van der Waals surface area contributed by atoms with Crippen LogP contribution in [0.3, 0.4) is 0 Å². The van der Waals surface area contributed by atoms with E-state index < -0.39 is 11.3 Å². The average molecular weight is 211 g/mol. The Bertz CT molecular complexity index is 349. The quantitative estimate of drug-likeness (QED) is 0.728. The number of rotatable bonds is 1. The van der Waals surface area contributed by atoms with E-state index in [1.807, 2.05) is 27.1 Å².